The highest BCUT2D eigenvalue weighted by molar-refractivity contribution is 5.75. The zero-order valence-corrected chi connectivity index (χ0v) is 9.29. The Morgan fingerprint density at radius 3 is 2.36 bits per heavy atom. The van der Waals surface area contributed by atoms with Gasteiger partial charge in [-0.05, 0) is 18.8 Å². The van der Waals surface area contributed by atoms with E-state index in [1.54, 1.807) is 7.05 Å². The van der Waals surface area contributed by atoms with Gasteiger partial charge in [0.15, 0.2) is 0 Å². The molecule has 0 spiro atoms. The first-order valence-corrected chi connectivity index (χ1v) is 5.54. The Hall–Kier alpha value is -0.570. The fraction of sp³-hybridized carbons (Fsp3) is 0.909. The second-order valence-electron chi connectivity index (χ2n) is 4.14. The molecule has 1 amide bonds. The van der Waals surface area contributed by atoms with Crippen LogP contribution in [0.4, 0.5) is 0 Å². The standard InChI is InChI=1S/C11H21NO2/c1-12(14-2)11(13)9-10-7-5-3-4-6-8-10/h10H,3-9H2,1-2H3. The van der Waals surface area contributed by atoms with E-state index in [1.165, 1.54) is 50.7 Å². The maximum absolute atomic E-state index is 11.6. The summed E-state index contributed by atoms with van der Waals surface area (Å²) in [5.41, 5.74) is 0. The monoisotopic (exact) mass is 199 g/mol. The van der Waals surface area contributed by atoms with Crippen molar-refractivity contribution in [3.8, 4) is 0 Å². The van der Waals surface area contributed by atoms with Gasteiger partial charge in [0.1, 0.15) is 0 Å². The molecule has 1 aliphatic carbocycles. The minimum Gasteiger partial charge on any atom is -0.275 e. The third kappa shape index (κ3) is 3.66. The summed E-state index contributed by atoms with van der Waals surface area (Å²) in [5.74, 6) is 0.696. The quantitative estimate of drug-likeness (QED) is 0.516. The molecule has 0 aromatic carbocycles. The first-order valence-electron chi connectivity index (χ1n) is 5.54. The zero-order chi connectivity index (χ0) is 10.4. The van der Waals surface area contributed by atoms with Gasteiger partial charge < -0.3 is 0 Å². The summed E-state index contributed by atoms with van der Waals surface area (Å²) in [6, 6.07) is 0. The Bertz CT molecular complexity index is 174. The molecule has 0 unspecified atom stereocenters. The largest absolute Gasteiger partial charge is 0.275 e. The molecule has 0 saturated heterocycles. The molecule has 0 aliphatic heterocycles. The van der Waals surface area contributed by atoms with E-state index in [-0.39, 0.29) is 5.91 Å². The summed E-state index contributed by atoms with van der Waals surface area (Å²) < 4.78 is 0. The topological polar surface area (TPSA) is 29.5 Å². The lowest BCUT2D eigenvalue weighted by Crippen LogP contribution is -2.27. The fourth-order valence-electron chi connectivity index (χ4n) is 2.05. The highest BCUT2D eigenvalue weighted by atomic mass is 16.7. The van der Waals surface area contributed by atoms with Crippen LogP contribution in [-0.2, 0) is 9.63 Å². The van der Waals surface area contributed by atoms with Gasteiger partial charge in [-0.1, -0.05) is 25.7 Å². The van der Waals surface area contributed by atoms with E-state index in [2.05, 4.69) is 0 Å². The first-order chi connectivity index (χ1) is 6.74. The molecule has 1 fully saturated rings. The Labute approximate surface area is 86.4 Å². The zero-order valence-electron chi connectivity index (χ0n) is 9.29. The van der Waals surface area contributed by atoms with E-state index >= 15 is 0 Å². The van der Waals surface area contributed by atoms with Crippen molar-refractivity contribution in [3.63, 3.8) is 0 Å². The molecule has 14 heavy (non-hydrogen) atoms. The number of nitrogens with zero attached hydrogens (tertiary/aromatic N) is 1. The lowest BCUT2D eigenvalue weighted by atomic mass is 9.96. The molecule has 0 atom stereocenters. The van der Waals surface area contributed by atoms with Crippen molar-refractivity contribution in [2.24, 2.45) is 5.92 Å². The number of amides is 1. The second-order valence-corrected chi connectivity index (χ2v) is 4.14. The summed E-state index contributed by atoms with van der Waals surface area (Å²) in [6.45, 7) is 0. The number of carbonyl (C=O) groups excluding carboxylic acids is 1. The van der Waals surface area contributed by atoms with E-state index in [4.69, 9.17) is 4.84 Å². The minimum atomic E-state index is 0.111. The summed E-state index contributed by atoms with van der Waals surface area (Å²) in [5, 5.41) is 1.34. The van der Waals surface area contributed by atoms with E-state index < -0.39 is 0 Å². The molecule has 1 aliphatic rings. The van der Waals surface area contributed by atoms with Gasteiger partial charge in [-0.2, -0.15) is 0 Å². The number of rotatable bonds is 3. The maximum Gasteiger partial charge on any atom is 0.246 e. The fourth-order valence-corrected chi connectivity index (χ4v) is 2.05. The summed E-state index contributed by atoms with van der Waals surface area (Å²) >= 11 is 0. The van der Waals surface area contributed by atoms with Gasteiger partial charge >= 0.3 is 0 Å². The van der Waals surface area contributed by atoms with Crippen LogP contribution in [0, 0.1) is 5.92 Å². The van der Waals surface area contributed by atoms with Crippen LogP contribution >= 0.6 is 0 Å². The van der Waals surface area contributed by atoms with Crippen molar-refractivity contribution in [1.82, 2.24) is 5.06 Å². The van der Waals surface area contributed by atoms with Gasteiger partial charge in [0.2, 0.25) is 5.91 Å². The SMILES string of the molecule is CON(C)C(=O)CC1CCCCCC1. The van der Waals surface area contributed by atoms with Crippen molar-refractivity contribution >= 4 is 5.91 Å². The lowest BCUT2D eigenvalue weighted by Gasteiger charge is -2.18. The van der Waals surface area contributed by atoms with Gasteiger partial charge in [-0.3, -0.25) is 9.63 Å². The number of carbonyl (C=O) groups is 1. The first kappa shape index (κ1) is 11.5. The average molecular weight is 199 g/mol. The maximum atomic E-state index is 11.6. The Morgan fingerprint density at radius 1 is 1.29 bits per heavy atom. The molecule has 0 radical (unpaired) electrons. The minimum absolute atomic E-state index is 0.111. The van der Waals surface area contributed by atoms with Crippen molar-refractivity contribution in [3.05, 3.63) is 0 Å². The number of hydrogen-bond donors (Lipinski definition) is 0. The lowest BCUT2D eigenvalue weighted by molar-refractivity contribution is -0.169. The number of hydrogen-bond acceptors (Lipinski definition) is 2. The molecular weight excluding hydrogens is 178 g/mol. The highest BCUT2D eigenvalue weighted by Crippen LogP contribution is 2.25. The Balaban J connectivity index is 2.30. The molecule has 3 nitrogen and oxygen atoms in total. The molecule has 1 saturated carbocycles. The Kier molecular flexibility index (Phi) is 4.94. The highest BCUT2D eigenvalue weighted by Gasteiger charge is 2.18. The summed E-state index contributed by atoms with van der Waals surface area (Å²) in [6.07, 6.45) is 8.33. The van der Waals surface area contributed by atoms with Crippen LogP contribution in [0.2, 0.25) is 0 Å². The Morgan fingerprint density at radius 2 is 1.86 bits per heavy atom. The predicted octanol–water partition coefficient (Wildman–Crippen LogP) is 2.37. The van der Waals surface area contributed by atoms with Gasteiger partial charge in [0.25, 0.3) is 0 Å². The van der Waals surface area contributed by atoms with Gasteiger partial charge in [-0.25, -0.2) is 5.06 Å². The van der Waals surface area contributed by atoms with Crippen molar-refractivity contribution < 1.29 is 9.63 Å². The normalized spacial score (nSPS) is 19.0. The van der Waals surface area contributed by atoms with Crippen LogP contribution in [0.25, 0.3) is 0 Å². The van der Waals surface area contributed by atoms with Gasteiger partial charge in [0.05, 0.1) is 7.11 Å². The third-order valence-corrected chi connectivity index (χ3v) is 3.06. The van der Waals surface area contributed by atoms with Crippen LogP contribution in [0.5, 0.6) is 0 Å². The van der Waals surface area contributed by atoms with E-state index in [0.29, 0.717) is 12.3 Å². The van der Waals surface area contributed by atoms with E-state index in [9.17, 15) is 4.79 Å². The van der Waals surface area contributed by atoms with Crippen LogP contribution in [0.3, 0.4) is 0 Å². The number of hydroxylamine groups is 2. The molecule has 82 valence electrons. The van der Waals surface area contributed by atoms with Crippen molar-refractivity contribution in [2.45, 2.75) is 44.9 Å². The average Bonchev–Trinajstić information content (AvgIpc) is 2.45. The molecule has 3 heteroatoms. The summed E-state index contributed by atoms with van der Waals surface area (Å²) in [4.78, 5) is 16.4. The molecule has 0 aromatic rings. The molecule has 0 heterocycles. The molecule has 0 aromatic heterocycles. The van der Waals surface area contributed by atoms with Crippen LogP contribution < -0.4 is 0 Å². The van der Waals surface area contributed by atoms with Crippen LogP contribution in [0.1, 0.15) is 44.9 Å². The van der Waals surface area contributed by atoms with E-state index in [0.717, 1.165) is 0 Å². The second kappa shape index (κ2) is 6.02. The smallest absolute Gasteiger partial charge is 0.246 e. The van der Waals surface area contributed by atoms with Crippen LogP contribution in [0.15, 0.2) is 0 Å². The predicted molar refractivity (Wildman–Crippen MR) is 55.6 cm³/mol. The van der Waals surface area contributed by atoms with Crippen molar-refractivity contribution in [2.75, 3.05) is 14.2 Å². The van der Waals surface area contributed by atoms with E-state index in [1.807, 2.05) is 0 Å². The summed E-state index contributed by atoms with van der Waals surface area (Å²) in [7, 11) is 3.21. The van der Waals surface area contributed by atoms with Crippen LogP contribution in [-0.4, -0.2) is 25.1 Å². The van der Waals surface area contributed by atoms with Gasteiger partial charge in [-0.15, -0.1) is 0 Å². The third-order valence-electron chi connectivity index (χ3n) is 3.06. The van der Waals surface area contributed by atoms with Crippen molar-refractivity contribution in [1.29, 1.82) is 0 Å². The molecular formula is C11H21NO2. The molecule has 1 rings (SSSR count). The molecule has 0 bridgehead atoms. The van der Waals surface area contributed by atoms with Gasteiger partial charge in [0, 0.05) is 13.5 Å². The molecule has 0 N–H and O–H groups in total.